The summed E-state index contributed by atoms with van der Waals surface area (Å²) in [6.45, 7) is 0. The van der Waals surface area contributed by atoms with E-state index in [4.69, 9.17) is 0 Å². The van der Waals surface area contributed by atoms with Crippen LogP contribution in [0.25, 0.3) is 0 Å². The maximum Gasteiger partial charge on any atom is 0.251 e. The van der Waals surface area contributed by atoms with Gasteiger partial charge in [0.05, 0.1) is 6.34 Å². The van der Waals surface area contributed by atoms with Crippen molar-refractivity contribution >= 4 is 12.3 Å². The molecule has 0 spiro atoms. The van der Waals surface area contributed by atoms with Crippen molar-refractivity contribution in [3.05, 3.63) is 6.33 Å². The van der Waals surface area contributed by atoms with Gasteiger partial charge in [0.15, 0.2) is 0 Å². The van der Waals surface area contributed by atoms with E-state index in [2.05, 4.69) is 15.2 Å². The van der Waals surface area contributed by atoms with Gasteiger partial charge in [0.2, 0.25) is 0 Å². The second kappa shape index (κ2) is 3.14. The molecule has 0 saturated carbocycles. The fourth-order valence-electron chi connectivity index (χ4n) is 0.561. The molecule has 11 heavy (non-hydrogen) atoms. The van der Waals surface area contributed by atoms with Crippen LogP contribution in [0.4, 0.5) is 5.95 Å². The van der Waals surface area contributed by atoms with Crippen LogP contribution >= 0.6 is 0 Å². The quantitative estimate of drug-likeness (QED) is 0.445. The molecule has 0 aliphatic rings. The number of aryl methyl sites for hydroxylation is 1. The molecular formula is C6H11N5. The third kappa shape index (κ3) is 2.03. The van der Waals surface area contributed by atoms with Gasteiger partial charge in [-0.05, 0) is 0 Å². The van der Waals surface area contributed by atoms with E-state index in [-0.39, 0.29) is 0 Å². The summed E-state index contributed by atoms with van der Waals surface area (Å²) in [5.74, 6) is 0.610. The highest BCUT2D eigenvalue weighted by atomic mass is 15.3. The first-order valence-electron chi connectivity index (χ1n) is 3.25. The zero-order valence-electron chi connectivity index (χ0n) is 6.89. The van der Waals surface area contributed by atoms with E-state index in [1.807, 2.05) is 26.0 Å². The Kier molecular flexibility index (Phi) is 2.20. The third-order valence-electron chi connectivity index (χ3n) is 1.09. The van der Waals surface area contributed by atoms with Gasteiger partial charge in [-0.2, -0.15) is 0 Å². The monoisotopic (exact) mass is 153 g/mol. The summed E-state index contributed by atoms with van der Waals surface area (Å²) in [4.78, 5) is 5.90. The fourth-order valence-corrected chi connectivity index (χ4v) is 0.561. The highest BCUT2D eigenvalue weighted by molar-refractivity contribution is 5.57. The van der Waals surface area contributed by atoms with Crippen molar-refractivity contribution in [3.63, 3.8) is 0 Å². The lowest BCUT2D eigenvalue weighted by atomic mass is 10.9. The Hall–Kier alpha value is -1.39. The SMILES string of the molecule is CN(C)C=Nc1nncn1C. The molecule has 0 aliphatic heterocycles. The van der Waals surface area contributed by atoms with Crippen LogP contribution in [0.2, 0.25) is 0 Å². The van der Waals surface area contributed by atoms with Crippen LogP contribution in [0.1, 0.15) is 0 Å². The van der Waals surface area contributed by atoms with E-state index in [1.54, 1.807) is 17.2 Å². The molecule has 0 radical (unpaired) electrons. The van der Waals surface area contributed by atoms with Crippen molar-refractivity contribution in [2.45, 2.75) is 0 Å². The molecule has 60 valence electrons. The number of hydrogen-bond donors (Lipinski definition) is 0. The second-order valence-corrected chi connectivity index (χ2v) is 2.45. The maximum atomic E-state index is 4.06. The van der Waals surface area contributed by atoms with Gasteiger partial charge in [0.25, 0.3) is 5.95 Å². The molecule has 0 amide bonds. The Morgan fingerprint density at radius 3 is 2.82 bits per heavy atom. The van der Waals surface area contributed by atoms with Crippen LogP contribution in [0.3, 0.4) is 0 Å². The molecule has 5 nitrogen and oxygen atoms in total. The summed E-state index contributed by atoms with van der Waals surface area (Å²) >= 11 is 0. The summed E-state index contributed by atoms with van der Waals surface area (Å²) in [5, 5.41) is 7.46. The number of nitrogens with zero attached hydrogens (tertiary/aromatic N) is 5. The second-order valence-electron chi connectivity index (χ2n) is 2.45. The summed E-state index contributed by atoms with van der Waals surface area (Å²) in [6, 6.07) is 0. The van der Waals surface area contributed by atoms with E-state index in [0.29, 0.717) is 5.95 Å². The molecule has 0 aromatic carbocycles. The first-order valence-corrected chi connectivity index (χ1v) is 3.25. The van der Waals surface area contributed by atoms with Gasteiger partial charge in [0, 0.05) is 21.1 Å². The van der Waals surface area contributed by atoms with E-state index in [0.717, 1.165) is 0 Å². The highest BCUT2D eigenvalue weighted by Crippen LogP contribution is 2.01. The normalized spacial score (nSPS) is 10.8. The lowest BCUT2D eigenvalue weighted by Crippen LogP contribution is -2.07. The van der Waals surface area contributed by atoms with Crippen LogP contribution < -0.4 is 0 Å². The van der Waals surface area contributed by atoms with Crippen LogP contribution in [-0.4, -0.2) is 40.1 Å². The predicted octanol–water partition coefficient (Wildman–Crippen LogP) is 0.0365. The topological polar surface area (TPSA) is 46.3 Å². The average molecular weight is 153 g/mol. The average Bonchev–Trinajstić information content (AvgIpc) is 2.31. The van der Waals surface area contributed by atoms with Crippen molar-refractivity contribution < 1.29 is 0 Å². The van der Waals surface area contributed by atoms with Gasteiger partial charge in [-0.3, -0.25) is 0 Å². The molecule has 0 unspecified atom stereocenters. The minimum absolute atomic E-state index is 0.610. The number of hydrogen-bond acceptors (Lipinski definition) is 3. The molecule has 1 heterocycles. The zero-order chi connectivity index (χ0) is 8.27. The van der Waals surface area contributed by atoms with Gasteiger partial charge < -0.3 is 9.47 Å². The molecular weight excluding hydrogens is 142 g/mol. The summed E-state index contributed by atoms with van der Waals surface area (Å²) in [6.07, 6.45) is 3.30. The molecule has 0 bridgehead atoms. The number of aliphatic imine (C=N–C) groups is 1. The lowest BCUT2D eigenvalue weighted by molar-refractivity contribution is 0.642. The Morgan fingerprint density at radius 2 is 2.36 bits per heavy atom. The number of rotatable bonds is 2. The molecule has 1 aromatic heterocycles. The van der Waals surface area contributed by atoms with Gasteiger partial charge in [-0.25, -0.2) is 4.99 Å². The standard InChI is InChI=1S/C6H11N5/c1-10(2)4-7-6-9-8-5-11(6)3/h4-5H,1-3H3. The first-order chi connectivity index (χ1) is 5.20. The van der Waals surface area contributed by atoms with Crippen molar-refractivity contribution in [2.75, 3.05) is 14.1 Å². The molecule has 0 atom stereocenters. The van der Waals surface area contributed by atoms with Gasteiger partial charge in [-0.15, -0.1) is 10.2 Å². The summed E-state index contributed by atoms with van der Waals surface area (Å²) < 4.78 is 1.75. The molecule has 0 N–H and O–H groups in total. The van der Waals surface area contributed by atoms with Gasteiger partial charge in [0.1, 0.15) is 6.33 Å². The van der Waals surface area contributed by atoms with Gasteiger partial charge >= 0.3 is 0 Å². The van der Waals surface area contributed by atoms with Crippen LogP contribution in [-0.2, 0) is 7.05 Å². The van der Waals surface area contributed by atoms with E-state index >= 15 is 0 Å². The molecule has 1 aromatic rings. The zero-order valence-corrected chi connectivity index (χ0v) is 6.89. The van der Waals surface area contributed by atoms with Crippen LogP contribution in [0, 0.1) is 0 Å². The van der Waals surface area contributed by atoms with E-state index < -0.39 is 0 Å². The molecule has 1 rings (SSSR count). The maximum absolute atomic E-state index is 4.06. The Balaban J connectivity index is 2.71. The fraction of sp³-hybridized carbons (Fsp3) is 0.500. The molecule has 5 heteroatoms. The van der Waals surface area contributed by atoms with E-state index in [1.165, 1.54) is 0 Å². The minimum Gasteiger partial charge on any atom is -0.369 e. The predicted molar refractivity (Wildman–Crippen MR) is 42.8 cm³/mol. The lowest BCUT2D eigenvalue weighted by Gasteiger charge is -2.00. The van der Waals surface area contributed by atoms with Crippen molar-refractivity contribution in [3.8, 4) is 0 Å². The summed E-state index contributed by atoms with van der Waals surface area (Å²) in [7, 11) is 5.65. The van der Waals surface area contributed by atoms with Crippen LogP contribution in [0.5, 0.6) is 0 Å². The molecule has 0 aliphatic carbocycles. The smallest absolute Gasteiger partial charge is 0.251 e. The van der Waals surface area contributed by atoms with E-state index in [9.17, 15) is 0 Å². The third-order valence-corrected chi connectivity index (χ3v) is 1.09. The Bertz CT molecular complexity index is 249. The van der Waals surface area contributed by atoms with Crippen molar-refractivity contribution in [2.24, 2.45) is 12.0 Å². The Morgan fingerprint density at radius 1 is 1.64 bits per heavy atom. The molecule has 0 fully saturated rings. The van der Waals surface area contributed by atoms with Crippen molar-refractivity contribution in [1.29, 1.82) is 0 Å². The Labute approximate surface area is 65.4 Å². The minimum atomic E-state index is 0.610. The summed E-state index contributed by atoms with van der Waals surface area (Å²) in [5.41, 5.74) is 0. The highest BCUT2D eigenvalue weighted by Gasteiger charge is 1.93. The largest absolute Gasteiger partial charge is 0.369 e. The first kappa shape index (κ1) is 7.71. The van der Waals surface area contributed by atoms with Crippen LogP contribution in [0.15, 0.2) is 11.3 Å². The van der Waals surface area contributed by atoms with Crippen molar-refractivity contribution in [1.82, 2.24) is 19.7 Å². The van der Waals surface area contributed by atoms with Gasteiger partial charge in [-0.1, -0.05) is 0 Å². The molecule has 0 saturated heterocycles. The number of aromatic nitrogens is 3.